The van der Waals surface area contributed by atoms with Crippen LogP contribution in [0.15, 0.2) is 24.3 Å². The first-order valence-electron chi connectivity index (χ1n) is 3.88. The molecule has 0 aromatic heterocycles. The highest BCUT2D eigenvalue weighted by molar-refractivity contribution is 6.22. The molecule has 1 rings (SSSR count). The van der Waals surface area contributed by atoms with Crippen molar-refractivity contribution in [2.45, 2.75) is 18.2 Å². The van der Waals surface area contributed by atoms with E-state index < -0.39 is 0 Å². The summed E-state index contributed by atoms with van der Waals surface area (Å²) in [4.78, 5) is 0. The van der Waals surface area contributed by atoms with Crippen LogP contribution >= 0.6 is 23.2 Å². The Kier molecular flexibility index (Phi) is 4.03. The van der Waals surface area contributed by atoms with Crippen molar-refractivity contribution in [1.82, 2.24) is 0 Å². The molecule has 0 amide bonds. The fourth-order valence-electron chi connectivity index (χ4n) is 1.25. The van der Waals surface area contributed by atoms with E-state index in [2.05, 4.69) is 12.2 Å². The van der Waals surface area contributed by atoms with E-state index >= 15 is 0 Å². The second kappa shape index (κ2) is 4.84. The summed E-state index contributed by atoms with van der Waals surface area (Å²) < 4.78 is 0. The molecule has 0 radical (unpaired) electrons. The van der Waals surface area contributed by atoms with Crippen LogP contribution in [0.3, 0.4) is 0 Å². The molecule has 0 saturated carbocycles. The molecule has 0 N–H and O–H groups in total. The largest absolute Gasteiger partial charge is 0.122 e. The van der Waals surface area contributed by atoms with Crippen molar-refractivity contribution in [3.63, 3.8) is 0 Å². The van der Waals surface area contributed by atoms with Crippen LogP contribution in [-0.4, -0.2) is 11.3 Å². The lowest BCUT2D eigenvalue weighted by Crippen LogP contribution is -2.06. The normalized spacial score (nSPS) is 26.5. The molecular formula is C9H12Cl2. The summed E-state index contributed by atoms with van der Waals surface area (Å²) in [5.41, 5.74) is 0. The Balaban J connectivity index is 2.34. The van der Waals surface area contributed by atoms with E-state index in [1.165, 1.54) is 12.8 Å². The fraction of sp³-hybridized carbons (Fsp3) is 0.556. The minimum atomic E-state index is 0.132. The topological polar surface area (TPSA) is 0 Å². The molecule has 0 aromatic carbocycles. The molecule has 62 valence electrons. The number of halogens is 2. The van der Waals surface area contributed by atoms with Crippen LogP contribution in [0.2, 0.25) is 0 Å². The number of alkyl halides is 2. The van der Waals surface area contributed by atoms with Gasteiger partial charge in [-0.05, 0) is 18.8 Å². The molecular weight excluding hydrogens is 179 g/mol. The molecule has 0 fully saturated rings. The summed E-state index contributed by atoms with van der Waals surface area (Å²) in [6.45, 7) is 0. The predicted molar refractivity (Wildman–Crippen MR) is 51.4 cm³/mol. The molecule has 1 aliphatic rings. The van der Waals surface area contributed by atoms with E-state index in [1.54, 1.807) is 0 Å². The maximum absolute atomic E-state index is 6.07. The molecule has 1 aliphatic carbocycles. The minimum Gasteiger partial charge on any atom is -0.122 e. The molecule has 2 heteroatoms. The van der Waals surface area contributed by atoms with E-state index in [4.69, 9.17) is 23.2 Å². The van der Waals surface area contributed by atoms with Crippen molar-refractivity contribution in [1.29, 1.82) is 0 Å². The van der Waals surface area contributed by atoms with E-state index in [0.717, 1.165) is 0 Å². The molecule has 0 heterocycles. The van der Waals surface area contributed by atoms with Gasteiger partial charge in [0.25, 0.3) is 0 Å². The Morgan fingerprint density at radius 1 is 1.64 bits per heavy atom. The van der Waals surface area contributed by atoms with Crippen molar-refractivity contribution in [3.05, 3.63) is 24.3 Å². The standard InChI is InChI=1S/C9H12Cl2/c10-7-3-6-9(11)8-4-1-2-5-8/h1,3-4,6,8-9H,2,5,7H2/b6-3+. The highest BCUT2D eigenvalue weighted by Crippen LogP contribution is 2.24. The first kappa shape index (κ1) is 9.15. The van der Waals surface area contributed by atoms with E-state index in [1.807, 2.05) is 12.2 Å². The van der Waals surface area contributed by atoms with Gasteiger partial charge in [-0.3, -0.25) is 0 Å². The zero-order valence-electron chi connectivity index (χ0n) is 6.34. The zero-order chi connectivity index (χ0) is 8.10. The Hall–Kier alpha value is 0.0600. The number of hydrogen-bond acceptors (Lipinski definition) is 0. The lowest BCUT2D eigenvalue weighted by Gasteiger charge is -2.09. The molecule has 0 aromatic rings. The van der Waals surface area contributed by atoms with E-state index in [0.29, 0.717) is 11.8 Å². The van der Waals surface area contributed by atoms with E-state index in [9.17, 15) is 0 Å². The molecule has 2 unspecified atom stereocenters. The SMILES string of the molecule is ClC/C=C/C(Cl)C1C=CCC1. The highest BCUT2D eigenvalue weighted by atomic mass is 35.5. The summed E-state index contributed by atoms with van der Waals surface area (Å²) in [6, 6.07) is 0. The predicted octanol–water partition coefficient (Wildman–Crippen LogP) is 3.36. The van der Waals surface area contributed by atoms with Gasteiger partial charge in [0.15, 0.2) is 0 Å². The Bertz CT molecular complexity index is 161. The quantitative estimate of drug-likeness (QED) is 0.474. The lowest BCUT2D eigenvalue weighted by molar-refractivity contribution is 0.650. The fourth-order valence-corrected chi connectivity index (χ4v) is 1.66. The first-order valence-corrected chi connectivity index (χ1v) is 4.85. The van der Waals surface area contributed by atoms with Crippen LogP contribution in [0.1, 0.15) is 12.8 Å². The number of hydrogen-bond donors (Lipinski definition) is 0. The summed E-state index contributed by atoms with van der Waals surface area (Å²) >= 11 is 11.6. The van der Waals surface area contributed by atoms with Crippen LogP contribution in [-0.2, 0) is 0 Å². The second-order valence-corrected chi connectivity index (χ2v) is 3.51. The van der Waals surface area contributed by atoms with Gasteiger partial charge in [0, 0.05) is 5.88 Å². The van der Waals surface area contributed by atoms with Gasteiger partial charge < -0.3 is 0 Å². The van der Waals surface area contributed by atoms with Crippen molar-refractivity contribution in [2.24, 2.45) is 5.92 Å². The van der Waals surface area contributed by atoms with Gasteiger partial charge in [-0.25, -0.2) is 0 Å². The molecule has 2 atom stereocenters. The number of rotatable bonds is 3. The maximum Gasteiger partial charge on any atom is 0.0579 e. The van der Waals surface area contributed by atoms with E-state index in [-0.39, 0.29) is 5.38 Å². The first-order chi connectivity index (χ1) is 5.34. The molecule has 0 nitrogen and oxygen atoms in total. The van der Waals surface area contributed by atoms with Crippen molar-refractivity contribution < 1.29 is 0 Å². The Labute approximate surface area is 77.9 Å². The van der Waals surface area contributed by atoms with Crippen molar-refractivity contribution >= 4 is 23.2 Å². The number of allylic oxidation sites excluding steroid dienone is 4. The molecule has 0 aliphatic heterocycles. The smallest absolute Gasteiger partial charge is 0.0579 e. The van der Waals surface area contributed by atoms with Gasteiger partial charge in [-0.15, -0.1) is 23.2 Å². The molecule has 11 heavy (non-hydrogen) atoms. The van der Waals surface area contributed by atoms with Crippen LogP contribution < -0.4 is 0 Å². The van der Waals surface area contributed by atoms with Gasteiger partial charge in [-0.2, -0.15) is 0 Å². The van der Waals surface area contributed by atoms with Crippen molar-refractivity contribution in [2.75, 3.05) is 5.88 Å². The summed E-state index contributed by atoms with van der Waals surface area (Å²) in [6.07, 6.45) is 10.6. The average molecular weight is 191 g/mol. The molecule has 0 saturated heterocycles. The average Bonchev–Trinajstić information content (AvgIpc) is 2.52. The summed E-state index contributed by atoms with van der Waals surface area (Å²) in [5.74, 6) is 1.08. The third kappa shape index (κ3) is 2.88. The third-order valence-corrected chi connectivity index (χ3v) is 2.52. The minimum absolute atomic E-state index is 0.132. The monoisotopic (exact) mass is 190 g/mol. The molecule has 0 bridgehead atoms. The maximum atomic E-state index is 6.07. The second-order valence-electron chi connectivity index (χ2n) is 2.70. The van der Waals surface area contributed by atoms with Crippen LogP contribution in [0.25, 0.3) is 0 Å². The Morgan fingerprint density at radius 3 is 3.00 bits per heavy atom. The highest BCUT2D eigenvalue weighted by Gasteiger charge is 2.15. The van der Waals surface area contributed by atoms with Gasteiger partial charge in [-0.1, -0.05) is 24.3 Å². The zero-order valence-corrected chi connectivity index (χ0v) is 7.85. The summed E-state index contributed by atoms with van der Waals surface area (Å²) in [7, 11) is 0. The van der Waals surface area contributed by atoms with Gasteiger partial charge >= 0.3 is 0 Å². The third-order valence-electron chi connectivity index (χ3n) is 1.87. The molecule has 0 spiro atoms. The summed E-state index contributed by atoms with van der Waals surface area (Å²) in [5, 5.41) is 0.132. The Morgan fingerprint density at radius 2 is 2.45 bits per heavy atom. The van der Waals surface area contributed by atoms with Gasteiger partial charge in [0.2, 0.25) is 0 Å². The van der Waals surface area contributed by atoms with Crippen molar-refractivity contribution in [3.8, 4) is 0 Å². The van der Waals surface area contributed by atoms with Crippen LogP contribution in [0.5, 0.6) is 0 Å². The van der Waals surface area contributed by atoms with Crippen LogP contribution in [0.4, 0.5) is 0 Å². The lowest BCUT2D eigenvalue weighted by atomic mass is 10.0. The van der Waals surface area contributed by atoms with Gasteiger partial charge in [0.1, 0.15) is 0 Å². The van der Waals surface area contributed by atoms with Gasteiger partial charge in [0.05, 0.1) is 5.38 Å². The van der Waals surface area contributed by atoms with Crippen LogP contribution in [0, 0.1) is 5.92 Å².